The van der Waals surface area contributed by atoms with E-state index in [2.05, 4.69) is 5.10 Å². The Hall–Kier alpha value is -2.30. The van der Waals surface area contributed by atoms with Gasteiger partial charge in [0.25, 0.3) is 0 Å². The SMILES string of the molecule is CCOc1ccc(C(=O)Cc2ccn(C)n2)cc1OCC. The zero-order chi connectivity index (χ0) is 15.2. The van der Waals surface area contributed by atoms with Crippen LogP contribution >= 0.6 is 0 Å². The van der Waals surface area contributed by atoms with Gasteiger partial charge in [-0.1, -0.05) is 0 Å². The van der Waals surface area contributed by atoms with Gasteiger partial charge in [0.1, 0.15) is 0 Å². The van der Waals surface area contributed by atoms with E-state index in [1.54, 1.807) is 22.9 Å². The molecule has 1 heterocycles. The summed E-state index contributed by atoms with van der Waals surface area (Å²) in [5.41, 5.74) is 1.36. The second-order valence-corrected chi connectivity index (χ2v) is 4.61. The highest BCUT2D eigenvalue weighted by Gasteiger charge is 2.13. The van der Waals surface area contributed by atoms with Gasteiger partial charge < -0.3 is 9.47 Å². The number of rotatable bonds is 7. The van der Waals surface area contributed by atoms with Gasteiger partial charge in [-0.3, -0.25) is 9.48 Å². The average Bonchev–Trinajstić information content (AvgIpc) is 2.86. The average molecular weight is 288 g/mol. The molecule has 0 atom stereocenters. The molecule has 2 aromatic rings. The number of hydrogen-bond acceptors (Lipinski definition) is 4. The molecule has 21 heavy (non-hydrogen) atoms. The molecule has 0 aliphatic rings. The van der Waals surface area contributed by atoms with Gasteiger partial charge >= 0.3 is 0 Å². The number of nitrogens with zero attached hydrogens (tertiary/aromatic N) is 2. The molecule has 0 aliphatic carbocycles. The summed E-state index contributed by atoms with van der Waals surface area (Å²) in [5, 5.41) is 4.22. The molecule has 0 spiro atoms. The fraction of sp³-hybridized carbons (Fsp3) is 0.375. The van der Waals surface area contributed by atoms with Crippen LogP contribution in [-0.4, -0.2) is 28.8 Å². The van der Waals surface area contributed by atoms with Crippen LogP contribution in [0.25, 0.3) is 0 Å². The Morgan fingerprint density at radius 1 is 1.14 bits per heavy atom. The van der Waals surface area contributed by atoms with Gasteiger partial charge in [-0.2, -0.15) is 5.10 Å². The first-order valence-electron chi connectivity index (χ1n) is 7.05. The van der Waals surface area contributed by atoms with Crippen molar-refractivity contribution in [1.29, 1.82) is 0 Å². The fourth-order valence-corrected chi connectivity index (χ4v) is 2.05. The number of ether oxygens (including phenoxy) is 2. The molecule has 5 nitrogen and oxygen atoms in total. The zero-order valence-corrected chi connectivity index (χ0v) is 12.6. The Kier molecular flexibility index (Phi) is 4.98. The molecule has 0 fully saturated rings. The van der Waals surface area contributed by atoms with Crippen LogP contribution in [0.3, 0.4) is 0 Å². The number of aryl methyl sites for hydroxylation is 1. The second-order valence-electron chi connectivity index (χ2n) is 4.61. The first-order chi connectivity index (χ1) is 10.1. The van der Waals surface area contributed by atoms with Crippen molar-refractivity contribution in [3.63, 3.8) is 0 Å². The van der Waals surface area contributed by atoms with E-state index in [0.29, 0.717) is 30.3 Å². The Morgan fingerprint density at radius 3 is 2.48 bits per heavy atom. The Labute approximate surface area is 124 Å². The number of hydrogen-bond donors (Lipinski definition) is 0. The Balaban J connectivity index is 2.18. The van der Waals surface area contributed by atoms with Crippen molar-refractivity contribution in [3.05, 3.63) is 41.7 Å². The van der Waals surface area contributed by atoms with Crippen LogP contribution in [0.1, 0.15) is 29.9 Å². The van der Waals surface area contributed by atoms with Crippen molar-refractivity contribution in [2.24, 2.45) is 7.05 Å². The first kappa shape index (κ1) is 15.1. The molecule has 112 valence electrons. The molecule has 0 saturated carbocycles. The van der Waals surface area contributed by atoms with Gasteiger partial charge in [0.2, 0.25) is 0 Å². The molecule has 0 N–H and O–H groups in total. The van der Waals surface area contributed by atoms with Crippen molar-refractivity contribution < 1.29 is 14.3 Å². The van der Waals surface area contributed by atoms with Crippen LogP contribution in [-0.2, 0) is 13.5 Å². The van der Waals surface area contributed by atoms with Crippen LogP contribution in [0.5, 0.6) is 11.5 Å². The van der Waals surface area contributed by atoms with Crippen molar-refractivity contribution in [2.75, 3.05) is 13.2 Å². The van der Waals surface area contributed by atoms with Gasteiger partial charge in [0.15, 0.2) is 17.3 Å². The maximum Gasteiger partial charge on any atom is 0.169 e. The van der Waals surface area contributed by atoms with E-state index in [0.717, 1.165) is 5.69 Å². The highest BCUT2D eigenvalue weighted by atomic mass is 16.5. The summed E-state index contributed by atoms with van der Waals surface area (Å²) in [6.07, 6.45) is 2.10. The van der Waals surface area contributed by atoms with E-state index in [1.165, 1.54) is 0 Å². The lowest BCUT2D eigenvalue weighted by molar-refractivity contribution is 0.0991. The molecular formula is C16H20N2O3. The van der Waals surface area contributed by atoms with Crippen LogP contribution < -0.4 is 9.47 Å². The molecule has 1 aromatic carbocycles. The third-order valence-electron chi connectivity index (χ3n) is 2.98. The molecule has 1 aromatic heterocycles. The molecule has 0 saturated heterocycles. The first-order valence-corrected chi connectivity index (χ1v) is 7.05. The van der Waals surface area contributed by atoms with Crippen LogP contribution in [0.15, 0.2) is 30.5 Å². The van der Waals surface area contributed by atoms with Crippen LogP contribution in [0.4, 0.5) is 0 Å². The predicted molar refractivity (Wildman–Crippen MR) is 80.0 cm³/mol. The van der Waals surface area contributed by atoms with Gasteiger partial charge in [-0.15, -0.1) is 0 Å². The maximum atomic E-state index is 12.3. The van der Waals surface area contributed by atoms with Crippen molar-refractivity contribution >= 4 is 5.78 Å². The number of carbonyl (C=O) groups is 1. The highest BCUT2D eigenvalue weighted by molar-refractivity contribution is 5.97. The normalized spacial score (nSPS) is 10.4. The summed E-state index contributed by atoms with van der Waals surface area (Å²) in [5.74, 6) is 1.28. The van der Waals surface area contributed by atoms with E-state index >= 15 is 0 Å². The van der Waals surface area contributed by atoms with Crippen LogP contribution in [0.2, 0.25) is 0 Å². The molecule has 0 unspecified atom stereocenters. The lowest BCUT2D eigenvalue weighted by Gasteiger charge is -2.11. The minimum atomic E-state index is 0.0118. The van der Waals surface area contributed by atoms with E-state index in [-0.39, 0.29) is 12.2 Å². The summed E-state index contributed by atoms with van der Waals surface area (Å²) in [6, 6.07) is 7.12. The Morgan fingerprint density at radius 2 is 1.86 bits per heavy atom. The maximum absolute atomic E-state index is 12.3. The topological polar surface area (TPSA) is 53.4 Å². The van der Waals surface area contributed by atoms with Gasteiger partial charge in [-0.25, -0.2) is 0 Å². The van der Waals surface area contributed by atoms with E-state index in [4.69, 9.17) is 9.47 Å². The van der Waals surface area contributed by atoms with Crippen molar-refractivity contribution in [3.8, 4) is 11.5 Å². The number of ketones is 1. The minimum absolute atomic E-state index is 0.0118. The molecule has 2 rings (SSSR count). The lowest BCUT2D eigenvalue weighted by Crippen LogP contribution is -2.06. The number of Topliss-reactive ketones (excluding diaryl/α,β-unsaturated/α-hetero) is 1. The third kappa shape index (κ3) is 3.84. The van der Waals surface area contributed by atoms with Crippen molar-refractivity contribution in [2.45, 2.75) is 20.3 Å². The fourth-order valence-electron chi connectivity index (χ4n) is 2.05. The van der Waals surface area contributed by atoms with E-state index in [1.807, 2.05) is 33.2 Å². The predicted octanol–water partition coefficient (Wildman–Crippen LogP) is 2.64. The van der Waals surface area contributed by atoms with E-state index < -0.39 is 0 Å². The summed E-state index contributed by atoms with van der Waals surface area (Å²) >= 11 is 0. The van der Waals surface area contributed by atoms with Gasteiger partial charge in [-0.05, 0) is 38.1 Å². The summed E-state index contributed by atoms with van der Waals surface area (Å²) < 4.78 is 12.7. The number of carbonyl (C=O) groups excluding carboxylic acids is 1. The smallest absolute Gasteiger partial charge is 0.169 e. The summed E-state index contributed by atoms with van der Waals surface area (Å²) in [4.78, 5) is 12.3. The largest absolute Gasteiger partial charge is 0.490 e. The van der Waals surface area contributed by atoms with Gasteiger partial charge in [0.05, 0.1) is 25.3 Å². The van der Waals surface area contributed by atoms with Gasteiger partial charge in [0, 0.05) is 18.8 Å². The molecule has 0 radical (unpaired) electrons. The second kappa shape index (κ2) is 6.92. The molecule has 0 amide bonds. The third-order valence-corrected chi connectivity index (χ3v) is 2.98. The van der Waals surface area contributed by atoms with Crippen LogP contribution in [0, 0.1) is 0 Å². The standard InChI is InChI=1S/C16H20N2O3/c1-4-20-15-7-6-12(10-16(15)21-5-2)14(19)11-13-8-9-18(3)17-13/h6-10H,4-5,11H2,1-3H3. The summed E-state index contributed by atoms with van der Waals surface area (Å²) in [6.45, 7) is 4.90. The quantitative estimate of drug-likeness (QED) is 0.735. The summed E-state index contributed by atoms with van der Waals surface area (Å²) in [7, 11) is 1.83. The lowest BCUT2D eigenvalue weighted by atomic mass is 10.1. The number of aromatic nitrogens is 2. The monoisotopic (exact) mass is 288 g/mol. The number of benzene rings is 1. The highest BCUT2D eigenvalue weighted by Crippen LogP contribution is 2.29. The Bertz CT molecular complexity index is 620. The molecular weight excluding hydrogens is 268 g/mol. The van der Waals surface area contributed by atoms with E-state index in [9.17, 15) is 4.79 Å². The minimum Gasteiger partial charge on any atom is -0.490 e. The van der Waals surface area contributed by atoms with Crippen molar-refractivity contribution in [1.82, 2.24) is 9.78 Å². The molecule has 5 heteroatoms. The molecule has 0 aliphatic heterocycles. The zero-order valence-electron chi connectivity index (χ0n) is 12.6. The molecule has 0 bridgehead atoms.